The van der Waals surface area contributed by atoms with Crippen molar-refractivity contribution in [3.8, 4) is 0 Å². The predicted octanol–water partition coefficient (Wildman–Crippen LogP) is 2.04. The molecular weight excluding hydrogens is 214 g/mol. The lowest BCUT2D eigenvalue weighted by molar-refractivity contribution is -0.131. The lowest BCUT2D eigenvalue weighted by Gasteiger charge is -2.27. The smallest absolute Gasteiger partial charge is 0.222 e. The van der Waals surface area contributed by atoms with Crippen LogP contribution in [0, 0.1) is 17.8 Å². The molecule has 1 amide bonds. The van der Waals surface area contributed by atoms with Crippen LogP contribution in [0.4, 0.5) is 0 Å². The summed E-state index contributed by atoms with van der Waals surface area (Å²) >= 11 is 0. The lowest BCUT2D eigenvalue weighted by Crippen LogP contribution is -2.31. The van der Waals surface area contributed by atoms with Crippen molar-refractivity contribution in [1.82, 2.24) is 4.90 Å². The van der Waals surface area contributed by atoms with Gasteiger partial charge in [-0.25, -0.2) is 0 Å². The van der Waals surface area contributed by atoms with Gasteiger partial charge in [-0.05, 0) is 31.1 Å². The van der Waals surface area contributed by atoms with Crippen molar-refractivity contribution < 1.29 is 9.90 Å². The number of amides is 1. The van der Waals surface area contributed by atoms with E-state index in [9.17, 15) is 4.79 Å². The third-order valence-electron chi connectivity index (χ3n) is 4.41. The summed E-state index contributed by atoms with van der Waals surface area (Å²) in [5, 5.41) is 9.08. The van der Waals surface area contributed by atoms with Gasteiger partial charge in [0.2, 0.25) is 5.91 Å². The van der Waals surface area contributed by atoms with Crippen LogP contribution in [-0.2, 0) is 4.79 Å². The molecule has 3 unspecified atom stereocenters. The van der Waals surface area contributed by atoms with E-state index in [0.717, 1.165) is 31.8 Å². The minimum Gasteiger partial charge on any atom is -0.396 e. The number of aliphatic hydroxyl groups is 1. The molecule has 3 heteroatoms. The minimum absolute atomic E-state index is 0.226. The first kappa shape index (κ1) is 12.9. The molecule has 0 aromatic rings. The number of hydrogen-bond acceptors (Lipinski definition) is 2. The topological polar surface area (TPSA) is 40.5 Å². The van der Waals surface area contributed by atoms with E-state index in [4.69, 9.17) is 5.11 Å². The first-order valence-corrected chi connectivity index (χ1v) is 7.07. The second kappa shape index (κ2) is 5.85. The Hall–Kier alpha value is -0.570. The van der Waals surface area contributed by atoms with E-state index in [-0.39, 0.29) is 6.61 Å². The minimum atomic E-state index is 0.226. The Morgan fingerprint density at radius 2 is 2.12 bits per heavy atom. The average molecular weight is 239 g/mol. The molecule has 2 aliphatic rings. The molecule has 2 fully saturated rings. The van der Waals surface area contributed by atoms with E-state index >= 15 is 0 Å². The van der Waals surface area contributed by atoms with Crippen molar-refractivity contribution in [2.75, 3.05) is 19.7 Å². The van der Waals surface area contributed by atoms with Crippen LogP contribution in [0.25, 0.3) is 0 Å². The Morgan fingerprint density at radius 3 is 2.76 bits per heavy atom. The summed E-state index contributed by atoms with van der Waals surface area (Å²) < 4.78 is 0. The first-order valence-electron chi connectivity index (χ1n) is 7.07. The summed E-state index contributed by atoms with van der Waals surface area (Å²) in [6.07, 6.45) is 6.79. The van der Waals surface area contributed by atoms with Gasteiger partial charge >= 0.3 is 0 Å². The molecule has 1 saturated carbocycles. The standard InChI is InChI=1S/C14H25NO2/c1-11-3-2-4-12(7-11)8-14(17)15-6-5-13(9-15)10-16/h11-13,16H,2-10H2,1H3. The summed E-state index contributed by atoms with van der Waals surface area (Å²) in [4.78, 5) is 14.1. The van der Waals surface area contributed by atoms with Crippen LogP contribution in [0.15, 0.2) is 0 Å². The maximum absolute atomic E-state index is 12.1. The highest BCUT2D eigenvalue weighted by Gasteiger charge is 2.28. The van der Waals surface area contributed by atoms with Crippen LogP contribution in [0.1, 0.15) is 45.4 Å². The van der Waals surface area contributed by atoms with E-state index in [2.05, 4.69) is 6.92 Å². The van der Waals surface area contributed by atoms with E-state index < -0.39 is 0 Å². The van der Waals surface area contributed by atoms with Crippen LogP contribution >= 0.6 is 0 Å². The lowest BCUT2D eigenvalue weighted by atomic mass is 9.80. The van der Waals surface area contributed by atoms with Crippen molar-refractivity contribution >= 4 is 5.91 Å². The Bertz CT molecular complexity index is 267. The van der Waals surface area contributed by atoms with E-state index in [1.165, 1.54) is 25.7 Å². The molecule has 0 aromatic carbocycles. The van der Waals surface area contributed by atoms with Gasteiger partial charge in [0.05, 0.1) is 0 Å². The molecule has 2 rings (SSSR count). The van der Waals surface area contributed by atoms with Gasteiger partial charge in [-0.3, -0.25) is 4.79 Å². The highest BCUT2D eigenvalue weighted by atomic mass is 16.3. The molecule has 1 saturated heterocycles. The van der Waals surface area contributed by atoms with Gasteiger partial charge in [0.25, 0.3) is 0 Å². The highest BCUT2D eigenvalue weighted by Crippen LogP contribution is 2.31. The van der Waals surface area contributed by atoms with Crippen LogP contribution in [-0.4, -0.2) is 35.6 Å². The molecule has 0 bridgehead atoms. The first-order chi connectivity index (χ1) is 8.19. The summed E-state index contributed by atoms with van der Waals surface area (Å²) in [5.74, 6) is 2.05. The number of rotatable bonds is 3. The number of likely N-dealkylation sites (tertiary alicyclic amines) is 1. The molecule has 17 heavy (non-hydrogen) atoms. The third-order valence-corrected chi connectivity index (χ3v) is 4.41. The van der Waals surface area contributed by atoms with Gasteiger partial charge in [-0.1, -0.05) is 19.8 Å². The number of hydrogen-bond donors (Lipinski definition) is 1. The van der Waals surface area contributed by atoms with Crippen molar-refractivity contribution in [3.05, 3.63) is 0 Å². The SMILES string of the molecule is CC1CCCC(CC(=O)N2CCC(CO)C2)C1. The number of carbonyl (C=O) groups is 1. The fraction of sp³-hybridized carbons (Fsp3) is 0.929. The van der Waals surface area contributed by atoms with Gasteiger partial charge in [0.1, 0.15) is 0 Å². The molecule has 3 atom stereocenters. The summed E-state index contributed by atoms with van der Waals surface area (Å²) in [5.41, 5.74) is 0. The molecule has 0 radical (unpaired) electrons. The van der Waals surface area contributed by atoms with E-state index in [1.54, 1.807) is 0 Å². The normalized spacial score (nSPS) is 34.0. The number of carbonyl (C=O) groups excluding carboxylic acids is 1. The average Bonchev–Trinajstić information content (AvgIpc) is 2.77. The number of nitrogens with zero attached hydrogens (tertiary/aromatic N) is 1. The number of aliphatic hydroxyl groups excluding tert-OH is 1. The second-order valence-electron chi connectivity index (χ2n) is 6.02. The molecule has 0 spiro atoms. The fourth-order valence-corrected chi connectivity index (χ4v) is 3.33. The van der Waals surface area contributed by atoms with Crippen LogP contribution < -0.4 is 0 Å². The molecule has 1 heterocycles. The summed E-state index contributed by atoms with van der Waals surface area (Å²) in [6, 6.07) is 0. The maximum Gasteiger partial charge on any atom is 0.222 e. The zero-order valence-electron chi connectivity index (χ0n) is 10.9. The van der Waals surface area contributed by atoms with E-state index in [1.807, 2.05) is 4.90 Å². The molecule has 1 aliphatic carbocycles. The maximum atomic E-state index is 12.1. The predicted molar refractivity (Wildman–Crippen MR) is 67.5 cm³/mol. The monoisotopic (exact) mass is 239 g/mol. The second-order valence-corrected chi connectivity index (χ2v) is 6.02. The Kier molecular flexibility index (Phi) is 4.43. The molecule has 1 N–H and O–H groups in total. The molecule has 0 aromatic heterocycles. The van der Waals surface area contributed by atoms with Crippen LogP contribution in [0.5, 0.6) is 0 Å². The zero-order chi connectivity index (χ0) is 12.3. The fourth-order valence-electron chi connectivity index (χ4n) is 3.33. The molecule has 98 valence electrons. The van der Waals surface area contributed by atoms with Crippen molar-refractivity contribution in [1.29, 1.82) is 0 Å². The summed E-state index contributed by atoms with van der Waals surface area (Å²) in [7, 11) is 0. The van der Waals surface area contributed by atoms with E-state index in [0.29, 0.717) is 17.7 Å². The Morgan fingerprint density at radius 1 is 1.29 bits per heavy atom. The van der Waals surface area contributed by atoms with Crippen molar-refractivity contribution in [2.24, 2.45) is 17.8 Å². The summed E-state index contributed by atoms with van der Waals surface area (Å²) in [6.45, 7) is 4.16. The zero-order valence-corrected chi connectivity index (χ0v) is 10.9. The molecular formula is C14H25NO2. The van der Waals surface area contributed by atoms with Crippen molar-refractivity contribution in [2.45, 2.75) is 45.4 Å². The quantitative estimate of drug-likeness (QED) is 0.819. The van der Waals surface area contributed by atoms with Crippen LogP contribution in [0.3, 0.4) is 0 Å². The highest BCUT2D eigenvalue weighted by molar-refractivity contribution is 5.76. The largest absolute Gasteiger partial charge is 0.396 e. The Balaban J connectivity index is 1.77. The molecule has 1 aliphatic heterocycles. The van der Waals surface area contributed by atoms with Gasteiger partial charge in [-0.15, -0.1) is 0 Å². The van der Waals surface area contributed by atoms with Gasteiger partial charge < -0.3 is 10.0 Å². The molecule has 3 nitrogen and oxygen atoms in total. The van der Waals surface area contributed by atoms with Gasteiger partial charge in [0, 0.05) is 32.0 Å². The Labute approximate surface area is 104 Å². The van der Waals surface area contributed by atoms with Gasteiger partial charge in [0.15, 0.2) is 0 Å². The third kappa shape index (κ3) is 3.44. The van der Waals surface area contributed by atoms with Crippen LogP contribution in [0.2, 0.25) is 0 Å². The van der Waals surface area contributed by atoms with Crippen molar-refractivity contribution in [3.63, 3.8) is 0 Å². The van der Waals surface area contributed by atoms with Gasteiger partial charge in [-0.2, -0.15) is 0 Å².